The fourth-order valence-corrected chi connectivity index (χ4v) is 3.35. The Hall–Kier alpha value is -1.91. The van der Waals surface area contributed by atoms with Crippen molar-refractivity contribution in [1.29, 1.82) is 0 Å². The molecule has 0 spiro atoms. The molecule has 0 fully saturated rings. The number of aromatic nitrogens is 1. The van der Waals surface area contributed by atoms with Crippen molar-refractivity contribution in [3.63, 3.8) is 0 Å². The molecule has 3 rings (SSSR count). The van der Waals surface area contributed by atoms with Crippen LogP contribution >= 0.6 is 28.3 Å². The third kappa shape index (κ3) is 4.13. The van der Waals surface area contributed by atoms with E-state index in [-0.39, 0.29) is 17.0 Å². The van der Waals surface area contributed by atoms with E-state index >= 15 is 0 Å². The Morgan fingerprint density at radius 2 is 1.58 bits per heavy atom. The smallest absolute Gasteiger partial charge is 0.190 e. The topological polar surface area (TPSA) is 17.3 Å². The first-order valence-electron chi connectivity index (χ1n) is 7.65. The average molecular weight is 401 g/mol. The van der Waals surface area contributed by atoms with Crippen molar-refractivity contribution >= 4 is 34.0 Å². The zero-order valence-corrected chi connectivity index (χ0v) is 16.4. The number of benzene rings is 2. The molecule has 124 valence electrons. The minimum atomic E-state index is 0. The van der Waals surface area contributed by atoms with Crippen LogP contribution in [0.15, 0.2) is 71.6 Å². The van der Waals surface area contributed by atoms with Gasteiger partial charge in [-0.2, -0.15) is 0 Å². The van der Waals surface area contributed by atoms with Gasteiger partial charge < -0.3 is 4.57 Å². The van der Waals surface area contributed by atoms with E-state index in [0.717, 1.165) is 17.0 Å². The van der Waals surface area contributed by atoms with Crippen LogP contribution in [0.2, 0.25) is 0 Å². The van der Waals surface area contributed by atoms with Crippen molar-refractivity contribution in [3.8, 4) is 11.3 Å². The molecule has 2 nitrogen and oxygen atoms in total. The number of hydrogen-bond acceptors (Lipinski definition) is 2. The Morgan fingerprint density at radius 3 is 2.17 bits per heavy atom. The lowest BCUT2D eigenvalue weighted by atomic mass is 10.1. The summed E-state index contributed by atoms with van der Waals surface area (Å²) < 4.78 is 2.21. The highest BCUT2D eigenvalue weighted by molar-refractivity contribution is 8.93. The molecule has 4 heteroatoms. The van der Waals surface area contributed by atoms with Gasteiger partial charge in [0.15, 0.2) is 4.80 Å². The summed E-state index contributed by atoms with van der Waals surface area (Å²) in [5, 5.41) is 2.17. The maximum Gasteiger partial charge on any atom is 0.190 e. The molecule has 0 unspecified atom stereocenters. The normalized spacial score (nSPS) is 11.2. The van der Waals surface area contributed by atoms with E-state index in [4.69, 9.17) is 4.99 Å². The van der Waals surface area contributed by atoms with Gasteiger partial charge in [0, 0.05) is 11.9 Å². The lowest BCUT2D eigenvalue weighted by Gasteiger charge is -2.07. The number of halogens is 1. The molecule has 0 bridgehead atoms. The molecule has 3 aromatic rings. The van der Waals surface area contributed by atoms with E-state index < -0.39 is 0 Å². The first kappa shape index (κ1) is 18.4. The molecule has 2 aromatic carbocycles. The fraction of sp³-hybridized carbons (Fsp3) is 0.150. The first-order chi connectivity index (χ1) is 11.2. The summed E-state index contributed by atoms with van der Waals surface area (Å²) in [7, 11) is 0. The number of hydrogen-bond donors (Lipinski definition) is 0. The molecule has 0 saturated carbocycles. The summed E-state index contributed by atoms with van der Waals surface area (Å²) in [5.74, 6) is 0. The highest BCUT2D eigenvalue weighted by Gasteiger charge is 2.07. The largest absolute Gasteiger partial charge is 0.313 e. The van der Waals surface area contributed by atoms with E-state index in [0.29, 0.717) is 0 Å². The van der Waals surface area contributed by atoms with Crippen molar-refractivity contribution in [2.45, 2.75) is 20.4 Å². The molecule has 0 aliphatic heterocycles. The second-order valence-electron chi connectivity index (χ2n) is 5.62. The summed E-state index contributed by atoms with van der Waals surface area (Å²) >= 11 is 1.66. The third-order valence-electron chi connectivity index (χ3n) is 3.72. The van der Waals surface area contributed by atoms with Crippen molar-refractivity contribution in [2.24, 2.45) is 4.99 Å². The maximum atomic E-state index is 4.80. The summed E-state index contributed by atoms with van der Waals surface area (Å²) in [6, 6.07) is 16.9. The standard InChI is InChI=1S/C20H20N2S.BrH/c1-4-13-22-19(17-9-5-15(2)6-10-17)14-23-20(22)21-18-11-7-16(3)8-12-18;/h4-12,14H,1,13H2,2-3H3;1H. The fourth-order valence-electron chi connectivity index (χ4n) is 2.41. The molecule has 1 aromatic heterocycles. The van der Waals surface area contributed by atoms with Gasteiger partial charge in [-0.15, -0.1) is 34.9 Å². The Labute approximate surface area is 157 Å². The van der Waals surface area contributed by atoms with Crippen molar-refractivity contribution in [1.82, 2.24) is 4.57 Å². The minimum absolute atomic E-state index is 0. The van der Waals surface area contributed by atoms with Crippen LogP contribution in [0, 0.1) is 13.8 Å². The van der Waals surface area contributed by atoms with E-state index in [1.165, 1.54) is 22.4 Å². The quantitative estimate of drug-likeness (QED) is 0.490. The lowest BCUT2D eigenvalue weighted by Crippen LogP contribution is -2.14. The first-order valence-corrected chi connectivity index (χ1v) is 8.53. The molecule has 24 heavy (non-hydrogen) atoms. The summed E-state index contributed by atoms with van der Waals surface area (Å²) in [6.45, 7) is 8.82. The highest BCUT2D eigenvalue weighted by atomic mass is 79.9. The van der Waals surface area contributed by atoms with Crippen LogP contribution in [-0.2, 0) is 6.54 Å². The van der Waals surface area contributed by atoms with Crippen molar-refractivity contribution in [2.75, 3.05) is 0 Å². The molecule has 0 N–H and O–H groups in total. The molecular formula is C20H21BrN2S. The number of nitrogens with zero attached hydrogens (tertiary/aromatic N) is 2. The van der Waals surface area contributed by atoms with E-state index in [1.807, 2.05) is 6.08 Å². The van der Waals surface area contributed by atoms with E-state index in [2.05, 4.69) is 78.9 Å². The maximum absolute atomic E-state index is 4.80. The summed E-state index contributed by atoms with van der Waals surface area (Å²) in [6.07, 6.45) is 1.92. The Morgan fingerprint density at radius 1 is 1.00 bits per heavy atom. The van der Waals surface area contributed by atoms with Gasteiger partial charge in [0.2, 0.25) is 0 Å². The molecule has 1 heterocycles. The Bertz CT molecular complexity index is 871. The van der Waals surface area contributed by atoms with Gasteiger partial charge in [-0.05, 0) is 31.5 Å². The van der Waals surface area contributed by atoms with Crippen LogP contribution < -0.4 is 4.80 Å². The number of aryl methyl sites for hydroxylation is 2. The Kier molecular flexibility index (Phi) is 6.35. The van der Waals surface area contributed by atoms with Crippen LogP contribution in [0.1, 0.15) is 11.1 Å². The summed E-state index contributed by atoms with van der Waals surface area (Å²) in [4.78, 5) is 5.79. The van der Waals surface area contributed by atoms with Crippen LogP contribution in [0.25, 0.3) is 11.3 Å². The highest BCUT2D eigenvalue weighted by Crippen LogP contribution is 2.21. The van der Waals surface area contributed by atoms with Crippen LogP contribution in [0.4, 0.5) is 5.69 Å². The third-order valence-corrected chi connectivity index (χ3v) is 4.58. The average Bonchev–Trinajstić information content (AvgIpc) is 2.94. The van der Waals surface area contributed by atoms with Gasteiger partial charge in [-0.25, -0.2) is 4.99 Å². The van der Waals surface area contributed by atoms with Crippen LogP contribution in [0.3, 0.4) is 0 Å². The number of allylic oxidation sites excluding steroid dienone is 1. The zero-order chi connectivity index (χ0) is 16.2. The van der Waals surface area contributed by atoms with E-state index in [1.54, 1.807) is 11.3 Å². The molecular weight excluding hydrogens is 380 g/mol. The van der Waals surface area contributed by atoms with Crippen LogP contribution in [-0.4, -0.2) is 4.57 Å². The SMILES string of the molecule is Br.C=CCn1c(-c2ccc(C)cc2)csc1=Nc1ccc(C)cc1. The van der Waals surface area contributed by atoms with Gasteiger partial charge in [-0.1, -0.05) is 53.6 Å². The molecule has 0 atom stereocenters. The molecule has 0 aliphatic rings. The van der Waals surface area contributed by atoms with Crippen LogP contribution in [0.5, 0.6) is 0 Å². The molecule has 0 amide bonds. The van der Waals surface area contributed by atoms with Gasteiger partial charge in [0.05, 0.1) is 11.4 Å². The number of thiazole rings is 1. The number of rotatable bonds is 4. The van der Waals surface area contributed by atoms with Gasteiger partial charge in [0.25, 0.3) is 0 Å². The van der Waals surface area contributed by atoms with Gasteiger partial charge >= 0.3 is 0 Å². The van der Waals surface area contributed by atoms with Crippen molar-refractivity contribution < 1.29 is 0 Å². The zero-order valence-electron chi connectivity index (χ0n) is 13.9. The van der Waals surface area contributed by atoms with E-state index in [9.17, 15) is 0 Å². The van der Waals surface area contributed by atoms with Crippen molar-refractivity contribution in [3.05, 3.63) is 82.5 Å². The molecule has 0 radical (unpaired) electrons. The van der Waals surface area contributed by atoms with Gasteiger partial charge in [-0.3, -0.25) is 0 Å². The molecule has 0 saturated heterocycles. The second kappa shape index (κ2) is 8.27. The minimum Gasteiger partial charge on any atom is -0.313 e. The molecule has 0 aliphatic carbocycles. The summed E-state index contributed by atoms with van der Waals surface area (Å²) in [5.41, 5.74) is 5.88. The lowest BCUT2D eigenvalue weighted by molar-refractivity contribution is 0.800. The second-order valence-corrected chi connectivity index (χ2v) is 6.45. The Balaban J connectivity index is 0.00000208. The predicted octanol–water partition coefficient (Wildman–Crippen LogP) is 5.83. The monoisotopic (exact) mass is 400 g/mol. The van der Waals surface area contributed by atoms with Gasteiger partial charge in [0.1, 0.15) is 0 Å². The predicted molar refractivity (Wildman–Crippen MR) is 109 cm³/mol.